The molecule has 0 saturated heterocycles. The summed E-state index contributed by atoms with van der Waals surface area (Å²) < 4.78 is 5.55. The number of hydrogen-bond acceptors (Lipinski definition) is 3. The van der Waals surface area contributed by atoms with Crippen molar-refractivity contribution in [3.63, 3.8) is 0 Å². The van der Waals surface area contributed by atoms with E-state index in [9.17, 15) is 5.11 Å². The molecule has 3 heteroatoms. The highest BCUT2D eigenvalue weighted by Crippen LogP contribution is 2.38. The fourth-order valence-electron chi connectivity index (χ4n) is 2.12. The van der Waals surface area contributed by atoms with Gasteiger partial charge in [0.1, 0.15) is 17.2 Å². The summed E-state index contributed by atoms with van der Waals surface area (Å²) in [5, 5.41) is 18.0. The molecule has 2 aromatic rings. The predicted octanol–water partition coefficient (Wildman–Crippen LogP) is 3.92. The zero-order chi connectivity index (χ0) is 14.5. The van der Waals surface area contributed by atoms with E-state index in [1.54, 1.807) is 36.4 Å². The quantitative estimate of drug-likeness (QED) is 0.764. The summed E-state index contributed by atoms with van der Waals surface area (Å²) in [4.78, 5) is 0. The third-order valence-corrected chi connectivity index (χ3v) is 3.60. The first-order valence-corrected chi connectivity index (χ1v) is 6.77. The standard InChI is InChI=1S/C11H14O2.C6H6O/c1-7-6-13-11-4-3-9(12)5-10(11)8(7)2;7-6-4-2-1-3-5-6/h3-5,7-8,12H,6H2,1-2H3;1-5,7H. The van der Waals surface area contributed by atoms with E-state index >= 15 is 0 Å². The first-order valence-electron chi connectivity index (χ1n) is 6.77. The average molecular weight is 272 g/mol. The molecule has 20 heavy (non-hydrogen) atoms. The molecule has 0 spiro atoms. The Morgan fingerprint density at radius 3 is 2.25 bits per heavy atom. The number of para-hydroxylation sites is 1. The summed E-state index contributed by atoms with van der Waals surface area (Å²) >= 11 is 0. The molecule has 3 nitrogen and oxygen atoms in total. The van der Waals surface area contributed by atoms with Crippen molar-refractivity contribution in [2.24, 2.45) is 5.92 Å². The molecule has 2 atom stereocenters. The fourth-order valence-corrected chi connectivity index (χ4v) is 2.12. The van der Waals surface area contributed by atoms with Gasteiger partial charge >= 0.3 is 0 Å². The average Bonchev–Trinajstić information content (AvgIpc) is 2.45. The van der Waals surface area contributed by atoms with E-state index in [2.05, 4.69) is 13.8 Å². The smallest absolute Gasteiger partial charge is 0.123 e. The zero-order valence-electron chi connectivity index (χ0n) is 11.8. The highest BCUT2D eigenvalue weighted by atomic mass is 16.5. The van der Waals surface area contributed by atoms with E-state index in [0.717, 1.165) is 17.9 Å². The van der Waals surface area contributed by atoms with Crippen LogP contribution in [0.4, 0.5) is 0 Å². The van der Waals surface area contributed by atoms with Crippen LogP contribution in [0.1, 0.15) is 25.3 Å². The molecule has 0 radical (unpaired) electrons. The maximum Gasteiger partial charge on any atom is 0.123 e. The third-order valence-electron chi connectivity index (χ3n) is 3.60. The summed E-state index contributed by atoms with van der Waals surface area (Å²) in [7, 11) is 0. The molecule has 0 bridgehead atoms. The fraction of sp³-hybridized carbons (Fsp3) is 0.294. The lowest BCUT2D eigenvalue weighted by Crippen LogP contribution is -2.21. The monoisotopic (exact) mass is 272 g/mol. The molecule has 0 saturated carbocycles. The molecule has 1 heterocycles. The van der Waals surface area contributed by atoms with Crippen molar-refractivity contribution in [3.8, 4) is 17.2 Å². The second kappa shape index (κ2) is 6.33. The van der Waals surface area contributed by atoms with Crippen LogP contribution >= 0.6 is 0 Å². The van der Waals surface area contributed by atoms with Gasteiger partial charge in [-0.2, -0.15) is 0 Å². The Balaban J connectivity index is 0.000000178. The lowest BCUT2D eigenvalue weighted by Gasteiger charge is -2.28. The number of rotatable bonds is 0. The maximum absolute atomic E-state index is 9.34. The number of aromatic hydroxyl groups is 2. The molecule has 0 fully saturated rings. The van der Waals surface area contributed by atoms with Gasteiger partial charge in [-0.15, -0.1) is 0 Å². The van der Waals surface area contributed by atoms with Gasteiger partial charge in [0.2, 0.25) is 0 Å². The molecule has 106 valence electrons. The van der Waals surface area contributed by atoms with Gasteiger partial charge in [0, 0.05) is 5.56 Å². The Morgan fingerprint density at radius 1 is 0.950 bits per heavy atom. The van der Waals surface area contributed by atoms with Gasteiger partial charge in [0.05, 0.1) is 6.61 Å². The van der Waals surface area contributed by atoms with E-state index < -0.39 is 0 Å². The van der Waals surface area contributed by atoms with Crippen LogP contribution in [0.5, 0.6) is 17.2 Å². The first-order chi connectivity index (χ1) is 9.58. The second-order valence-corrected chi connectivity index (χ2v) is 5.13. The molecule has 3 rings (SSSR count). The van der Waals surface area contributed by atoms with Gasteiger partial charge in [-0.1, -0.05) is 32.0 Å². The second-order valence-electron chi connectivity index (χ2n) is 5.13. The highest BCUT2D eigenvalue weighted by Gasteiger charge is 2.24. The number of benzene rings is 2. The van der Waals surface area contributed by atoms with Crippen molar-refractivity contribution in [2.75, 3.05) is 6.61 Å². The lowest BCUT2D eigenvalue weighted by molar-refractivity contribution is 0.211. The summed E-state index contributed by atoms with van der Waals surface area (Å²) in [5.74, 6) is 2.55. The molecule has 2 unspecified atom stereocenters. The van der Waals surface area contributed by atoms with Crippen molar-refractivity contribution < 1.29 is 14.9 Å². The summed E-state index contributed by atoms with van der Waals surface area (Å²) in [6, 6.07) is 14.0. The maximum atomic E-state index is 9.34. The van der Waals surface area contributed by atoms with Gasteiger partial charge in [-0.3, -0.25) is 0 Å². The van der Waals surface area contributed by atoms with Gasteiger partial charge in [-0.25, -0.2) is 0 Å². The number of hydrogen-bond donors (Lipinski definition) is 2. The molecule has 0 aliphatic carbocycles. The van der Waals surface area contributed by atoms with Crippen LogP contribution in [0.25, 0.3) is 0 Å². The SMILES string of the molecule is CC1COc2ccc(O)cc2C1C.Oc1ccccc1. The summed E-state index contributed by atoms with van der Waals surface area (Å²) in [6.45, 7) is 5.11. The predicted molar refractivity (Wildman–Crippen MR) is 79.3 cm³/mol. The van der Waals surface area contributed by atoms with Crippen molar-refractivity contribution in [1.29, 1.82) is 0 Å². The van der Waals surface area contributed by atoms with E-state index in [-0.39, 0.29) is 0 Å². The van der Waals surface area contributed by atoms with E-state index in [1.807, 2.05) is 12.1 Å². The van der Waals surface area contributed by atoms with Crippen LogP contribution in [0.15, 0.2) is 48.5 Å². The third kappa shape index (κ3) is 3.44. The van der Waals surface area contributed by atoms with Crippen LogP contribution in [-0.2, 0) is 0 Å². The minimum Gasteiger partial charge on any atom is -0.508 e. The Morgan fingerprint density at radius 2 is 1.65 bits per heavy atom. The highest BCUT2D eigenvalue weighted by molar-refractivity contribution is 5.43. The van der Waals surface area contributed by atoms with Crippen molar-refractivity contribution in [2.45, 2.75) is 19.8 Å². The van der Waals surface area contributed by atoms with Crippen molar-refractivity contribution in [1.82, 2.24) is 0 Å². The van der Waals surface area contributed by atoms with Gasteiger partial charge in [0.25, 0.3) is 0 Å². The largest absolute Gasteiger partial charge is 0.508 e. The van der Waals surface area contributed by atoms with E-state index in [4.69, 9.17) is 9.84 Å². The Labute approximate surface area is 119 Å². The molecule has 0 amide bonds. The van der Waals surface area contributed by atoms with Crippen molar-refractivity contribution in [3.05, 3.63) is 54.1 Å². The summed E-state index contributed by atoms with van der Waals surface area (Å²) in [5.41, 5.74) is 1.12. The van der Waals surface area contributed by atoms with Crippen LogP contribution in [0.2, 0.25) is 0 Å². The Hall–Kier alpha value is -2.16. The topological polar surface area (TPSA) is 49.7 Å². The first kappa shape index (κ1) is 14.3. The molecule has 1 aliphatic heterocycles. The molecule has 1 aliphatic rings. The van der Waals surface area contributed by atoms with Crippen LogP contribution in [0.3, 0.4) is 0 Å². The molecular formula is C17H20O3. The normalized spacial score (nSPS) is 20.1. The van der Waals surface area contributed by atoms with Crippen LogP contribution < -0.4 is 4.74 Å². The zero-order valence-corrected chi connectivity index (χ0v) is 11.8. The minimum atomic E-state index is 0.322. The van der Waals surface area contributed by atoms with Gasteiger partial charge in [-0.05, 0) is 42.2 Å². The Bertz CT molecular complexity index is 551. The van der Waals surface area contributed by atoms with Crippen molar-refractivity contribution >= 4 is 0 Å². The number of fused-ring (bicyclic) bond motifs is 1. The molecule has 2 aromatic carbocycles. The van der Waals surface area contributed by atoms with Crippen LogP contribution in [0, 0.1) is 5.92 Å². The van der Waals surface area contributed by atoms with Gasteiger partial charge < -0.3 is 14.9 Å². The summed E-state index contributed by atoms with van der Waals surface area (Å²) in [6.07, 6.45) is 0. The van der Waals surface area contributed by atoms with E-state index in [0.29, 0.717) is 23.3 Å². The molecule has 0 aromatic heterocycles. The number of phenols is 2. The minimum absolute atomic E-state index is 0.322. The lowest BCUT2D eigenvalue weighted by atomic mass is 9.87. The molecule has 2 N–H and O–H groups in total. The molecular weight excluding hydrogens is 252 g/mol. The van der Waals surface area contributed by atoms with E-state index in [1.165, 1.54) is 0 Å². The number of phenolic OH excluding ortho intramolecular Hbond substituents is 2. The van der Waals surface area contributed by atoms with Crippen LogP contribution in [-0.4, -0.2) is 16.8 Å². The van der Waals surface area contributed by atoms with Gasteiger partial charge in [0.15, 0.2) is 0 Å². The Kier molecular flexibility index (Phi) is 4.51. The number of ether oxygens (including phenoxy) is 1.